The Bertz CT molecular complexity index is 653. The van der Waals surface area contributed by atoms with E-state index >= 15 is 0 Å². The molecule has 0 fully saturated rings. The van der Waals surface area contributed by atoms with Crippen molar-refractivity contribution in [1.29, 1.82) is 0 Å². The van der Waals surface area contributed by atoms with Crippen molar-refractivity contribution in [3.05, 3.63) is 36.2 Å². The van der Waals surface area contributed by atoms with Crippen molar-refractivity contribution >= 4 is 16.8 Å². The zero-order chi connectivity index (χ0) is 11.1. The van der Waals surface area contributed by atoms with Crippen LogP contribution in [-0.4, -0.2) is 14.8 Å². The van der Waals surface area contributed by atoms with E-state index in [-0.39, 0.29) is 0 Å². The number of hydrogen-bond acceptors (Lipinski definition) is 4. The number of aromatic nitrogens is 3. The number of anilines is 1. The molecule has 5 heteroatoms. The average Bonchev–Trinajstić information content (AvgIpc) is 2.83. The molecule has 3 aromatic rings. The standard InChI is InChI=1S/C11H10N4O/c1-7-5-13-15(6-7)11-14-9-4-8(12)2-3-10(9)16-11/h2-6H,12H2,1H3. The van der Waals surface area contributed by atoms with Crippen LogP contribution in [0.3, 0.4) is 0 Å². The Labute approximate surface area is 91.5 Å². The van der Waals surface area contributed by atoms with Gasteiger partial charge in [-0.25, -0.2) is 0 Å². The van der Waals surface area contributed by atoms with Crippen LogP contribution in [0.5, 0.6) is 0 Å². The Balaban J connectivity index is 2.18. The lowest BCUT2D eigenvalue weighted by Gasteiger charge is -1.89. The molecule has 2 heterocycles. The number of fused-ring (bicyclic) bond motifs is 1. The fourth-order valence-corrected chi connectivity index (χ4v) is 1.55. The molecular formula is C11H10N4O. The maximum Gasteiger partial charge on any atom is 0.323 e. The Morgan fingerprint density at radius 2 is 2.25 bits per heavy atom. The van der Waals surface area contributed by atoms with Crippen LogP contribution in [0, 0.1) is 6.92 Å². The SMILES string of the molecule is Cc1cnn(-c2nc3cc(N)ccc3o2)c1. The van der Waals surface area contributed by atoms with Gasteiger partial charge in [-0.05, 0) is 30.7 Å². The molecule has 0 unspecified atom stereocenters. The third kappa shape index (κ3) is 1.33. The average molecular weight is 214 g/mol. The van der Waals surface area contributed by atoms with E-state index in [0.29, 0.717) is 17.3 Å². The van der Waals surface area contributed by atoms with Crippen LogP contribution in [0.1, 0.15) is 5.56 Å². The van der Waals surface area contributed by atoms with Crippen molar-refractivity contribution in [2.24, 2.45) is 0 Å². The first kappa shape index (κ1) is 8.96. The lowest BCUT2D eigenvalue weighted by molar-refractivity contribution is 0.543. The van der Waals surface area contributed by atoms with E-state index in [0.717, 1.165) is 11.1 Å². The summed E-state index contributed by atoms with van der Waals surface area (Å²) in [5, 5.41) is 4.13. The fourth-order valence-electron chi connectivity index (χ4n) is 1.55. The minimum Gasteiger partial charge on any atom is -0.422 e. The summed E-state index contributed by atoms with van der Waals surface area (Å²) in [4.78, 5) is 4.31. The molecule has 1 aromatic carbocycles. The molecule has 0 spiro atoms. The summed E-state index contributed by atoms with van der Waals surface area (Å²) in [7, 11) is 0. The van der Waals surface area contributed by atoms with Crippen LogP contribution in [0.25, 0.3) is 17.1 Å². The van der Waals surface area contributed by atoms with Crippen molar-refractivity contribution < 1.29 is 4.42 Å². The Morgan fingerprint density at radius 1 is 1.38 bits per heavy atom. The lowest BCUT2D eigenvalue weighted by Crippen LogP contribution is -1.93. The van der Waals surface area contributed by atoms with Crippen molar-refractivity contribution in [3.8, 4) is 6.01 Å². The van der Waals surface area contributed by atoms with Crippen molar-refractivity contribution in [2.75, 3.05) is 5.73 Å². The summed E-state index contributed by atoms with van der Waals surface area (Å²) in [6.45, 7) is 1.96. The minimum absolute atomic E-state index is 0.453. The van der Waals surface area contributed by atoms with Gasteiger partial charge in [0.05, 0.1) is 6.20 Å². The largest absolute Gasteiger partial charge is 0.422 e. The molecule has 0 radical (unpaired) electrons. The molecule has 0 bridgehead atoms. The molecule has 0 atom stereocenters. The number of benzene rings is 1. The molecule has 80 valence electrons. The lowest BCUT2D eigenvalue weighted by atomic mass is 10.3. The van der Waals surface area contributed by atoms with Crippen LogP contribution < -0.4 is 5.73 Å². The van der Waals surface area contributed by atoms with E-state index in [9.17, 15) is 0 Å². The maximum absolute atomic E-state index is 5.67. The summed E-state index contributed by atoms with van der Waals surface area (Å²) in [6.07, 6.45) is 3.61. The van der Waals surface area contributed by atoms with Gasteiger partial charge in [0, 0.05) is 11.9 Å². The molecule has 16 heavy (non-hydrogen) atoms. The number of rotatable bonds is 1. The topological polar surface area (TPSA) is 69.9 Å². The summed E-state index contributed by atoms with van der Waals surface area (Å²) < 4.78 is 7.16. The molecule has 2 N–H and O–H groups in total. The van der Waals surface area contributed by atoms with E-state index < -0.39 is 0 Å². The van der Waals surface area contributed by atoms with Crippen molar-refractivity contribution in [3.63, 3.8) is 0 Å². The fraction of sp³-hybridized carbons (Fsp3) is 0.0909. The Morgan fingerprint density at radius 3 is 3.00 bits per heavy atom. The molecule has 0 saturated heterocycles. The number of aryl methyl sites for hydroxylation is 1. The van der Waals surface area contributed by atoms with Gasteiger partial charge in [0.25, 0.3) is 0 Å². The van der Waals surface area contributed by atoms with Gasteiger partial charge in [0.15, 0.2) is 5.58 Å². The van der Waals surface area contributed by atoms with Gasteiger partial charge < -0.3 is 10.2 Å². The second-order valence-corrected chi connectivity index (χ2v) is 3.69. The number of nitrogens with two attached hydrogens (primary N) is 1. The van der Waals surface area contributed by atoms with Crippen molar-refractivity contribution in [2.45, 2.75) is 6.92 Å². The van der Waals surface area contributed by atoms with Gasteiger partial charge in [0.2, 0.25) is 0 Å². The number of nitrogen functional groups attached to an aromatic ring is 1. The van der Waals surface area contributed by atoms with E-state index in [2.05, 4.69) is 10.1 Å². The van der Waals surface area contributed by atoms with Gasteiger partial charge in [-0.3, -0.25) is 0 Å². The molecule has 2 aromatic heterocycles. The molecular weight excluding hydrogens is 204 g/mol. The van der Waals surface area contributed by atoms with Gasteiger partial charge in [-0.15, -0.1) is 0 Å². The predicted molar refractivity (Wildman–Crippen MR) is 60.3 cm³/mol. The molecule has 3 rings (SSSR count). The second-order valence-electron chi connectivity index (χ2n) is 3.69. The van der Waals surface area contributed by atoms with E-state index in [4.69, 9.17) is 10.2 Å². The van der Waals surface area contributed by atoms with Crippen LogP contribution in [0.2, 0.25) is 0 Å². The quantitative estimate of drug-likeness (QED) is 0.628. The van der Waals surface area contributed by atoms with Gasteiger partial charge in [-0.1, -0.05) is 0 Å². The van der Waals surface area contributed by atoms with Crippen LogP contribution in [0.15, 0.2) is 35.0 Å². The Hall–Kier alpha value is -2.30. The highest BCUT2D eigenvalue weighted by atomic mass is 16.4. The highest BCUT2D eigenvalue weighted by Crippen LogP contribution is 2.20. The normalized spacial score (nSPS) is 11.1. The van der Waals surface area contributed by atoms with Crippen LogP contribution in [0.4, 0.5) is 5.69 Å². The van der Waals surface area contributed by atoms with Gasteiger partial charge in [0.1, 0.15) is 5.52 Å². The van der Waals surface area contributed by atoms with Crippen LogP contribution in [-0.2, 0) is 0 Å². The number of hydrogen-bond donors (Lipinski definition) is 1. The summed E-state index contributed by atoms with van der Waals surface area (Å²) >= 11 is 0. The monoisotopic (exact) mass is 214 g/mol. The summed E-state index contributed by atoms with van der Waals surface area (Å²) in [5.74, 6) is 0. The zero-order valence-electron chi connectivity index (χ0n) is 8.71. The molecule has 0 aliphatic rings. The molecule has 0 amide bonds. The third-order valence-electron chi connectivity index (χ3n) is 2.31. The first-order chi connectivity index (χ1) is 7.72. The van der Waals surface area contributed by atoms with Gasteiger partial charge >= 0.3 is 6.01 Å². The molecule has 5 nitrogen and oxygen atoms in total. The zero-order valence-corrected chi connectivity index (χ0v) is 8.71. The first-order valence-corrected chi connectivity index (χ1v) is 4.90. The second kappa shape index (κ2) is 3.10. The molecule has 0 saturated carbocycles. The van der Waals surface area contributed by atoms with Gasteiger partial charge in [-0.2, -0.15) is 14.8 Å². The van der Waals surface area contributed by atoms with Crippen LogP contribution >= 0.6 is 0 Å². The molecule has 0 aliphatic heterocycles. The third-order valence-corrected chi connectivity index (χ3v) is 2.31. The first-order valence-electron chi connectivity index (χ1n) is 4.90. The molecule has 0 aliphatic carbocycles. The van der Waals surface area contributed by atoms with E-state index in [1.54, 1.807) is 29.1 Å². The Kier molecular flexibility index (Phi) is 1.73. The van der Waals surface area contributed by atoms with Crippen molar-refractivity contribution in [1.82, 2.24) is 14.8 Å². The highest BCUT2D eigenvalue weighted by molar-refractivity contribution is 5.77. The predicted octanol–water partition coefficient (Wildman–Crippen LogP) is 1.90. The van der Waals surface area contributed by atoms with E-state index in [1.165, 1.54) is 0 Å². The smallest absolute Gasteiger partial charge is 0.323 e. The number of nitrogens with zero attached hydrogens (tertiary/aromatic N) is 3. The minimum atomic E-state index is 0.453. The van der Waals surface area contributed by atoms with E-state index in [1.807, 2.05) is 13.1 Å². The highest BCUT2D eigenvalue weighted by Gasteiger charge is 2.08. The summed E-state index contributed by atoms with van der Waals surface area (Å²) in [5.41, 5.74) is 8.84. The maximum atomic E-state index is 5.67. The number of oxazole rings is 1. The summed E-state index contributed by atoms with van der Waals surface area (Å²) in [6, 6.07) is 5.82.